The number of amides is 1. The zero-order chi connectivity index (χ0) is 25.2. The minimum atomic E-state index is -1.11. The van der Waals surface area contributed by atoms with Crippen molar-refractivity contribution in [1.29, 1.82) is 0 Å². The Balaban J connectivity index is 1.61. The summed E-state index contributed by atoms with van der Waals surface area (Å²) in [5, 5.41) is 33.9. The van der Waals surface area contributed by atoms with Crippen LogP contribution in [0.2, 0.25) is 0 Å². The number of nitrogens with two attached hydrogens (primary N) is 1. The van der Waals surface area contributed by atoms with Gasteiger partial charge >= 0.3 is 0 Å². The predicted molar refractivity (Wildman–Crippen MR) is 129 cm³/mol. The van der Waals surface area contributed by atoms with E-state index in [9.17, 15) is 29.7 Å². The van der Waals surface area contributed by atoms with Crippen molar-refractivity contribution < 1.29 is 29.7 Å². The third-order valence-electron chi connectivity index (χ3n) is 7.75. The van der Waals surface area contributed by atoms with Crippen LogP contribution in [0, 0.1) is 17.8 Å². The van der Waals surface area contributed by atoms with Crippen molar-refractivity contribution in [3.63, 3.8) is 0 Å². The minimum absolute atomic E-state index is 0.0293. The predicted octanol–water partition coefficient (Wildman–Crippen LogP) is 3.07. The van der Waals surface area contributed by atoms with Crippen molar-refractivity contribution in [2.75, 3.05) is 13.6 Å². The lowest BCUT2D eigenvalue weighted by molar-refractivity contribution is -0.126. The van der Waals surface area contributed by atoms with E-state index in [1.165, 1.54) is 0 Å². The van der Waals surface area contributed by atoms with Gasteiger partial charge in [-0.1, -0.05) is 25.1 Å². The number of aliphatic hydroxyl groups excluding tert-OH is 2. The Labute approximate surface area is 202 Å². The van der Waals surface area contributed by atoms with E-state index in [1.807, 2.05) is 31.3 Å². The van der Waals surface area contributed by atoms with Crippen LogP contribution < -0.4 is 5.73 Å². The summed E-state index contributed by atoms with van der Waals surface area (Å²) in [7, 11) is 2.00. The van der Waals surface area contributed by atoms with Gasteiger partial charge in [-0.05, 0) is 60.8 Å². The first kappa shape index (κ1) is 23.1. The van der Waals surface area contributed by atoms with E-state index in [4.69, 9.17) is 5.73 Å². The maximum atomic E-state index is 13.6. The summed E-state index contributed by atoms with van der Waals surface area (Å²) in [6.07, 6.45) is 0.828. The minimum Gasteiger partial charge on any atom is -0.511 e. The number of aliphatic hydroxyl groups is 2. The summed E-state index contributed by atoms with van der Waals surface area (Å²) < 4.78 is 0. The van der Waals surface area contributed by atoms with Crippen LogP contribution in [0.3, 0.4) is 0 Å². The topological polar surface area (TPSA) is 141 Å². The highest BCUT2D eigenvalue weighted by molar-refractivity contribution is 6.22. The van der Waals surface area contributed by atoms with Gasteiger partial charge in [0, 0.05) is 23.9 Å². The molecule has 0 saturated heterocycles. The summed E-state index contributed by atoms with van der Waals surface area (Å²) in [5.74, 6) is -5.11. The zero-order valence-corrected chi connectivity index (χ0v) is 19.7. The molecule has 0 bridgehead atoms. The van der Waals surface area contributed by atoms with Gasteiger partial charge in [-0.15, -0.1) is 0 Å². The number of phenolic OH excluding ortho intramolecular Hbond substituents is 1. The van der Waals surface area contributed by atoms with E-state index in [0.29, 0.717) is 30.3 Å². The number of benzene rings is 2. The highest BCUT2D eigenvalue weighted by atomic mass is 16.3. The van der Waals surface area contributed by atoms with Crippen molar-refractivity contribution in [2.24, 2.45) is 23.5 Å². The Morgan fingerprint density at radius 2 is 1.89 bits per heavy atom. The number of ketones is 2. The standard InChI is InChI=1S/C27H28N2O6/c1-3-29(2)11-12-4-5-13-7-14-8-15-9-16-10-18(30)22(27(28)35)26(34)21(16)25(33)20(15)24(32)19(14)23(31)17(13)6-12/h4-7,15-16,21,30-31,33H,3,8-11H2,1-2H3,(H2,28,35)/t15-,16?,21?/m0/s1. The van der Waals surface area contributed by atoms with E-state index in [-0.39, 0.29) is 40.7 Å². The van der Waals surface area contributed by atoms with E-state index in [0.717, 1.165) is 17.5 Å². The number of rotatable bonds is 4. The summed E-state index contributed by atoms with van der Waals surface area (Å²) in [6.45, 7) is 3.62. The van der Waals surface area contributed by atoms with Gasteiger partial charge < -0.3 is 26.0 Å². The molecule has 0 heterocycles. The average Bonchev–Trinajstić information content (AvgIpc) is 2.78. The fourth-order valence-corrected chi connectivity index (χ4v) is 5.97. The molecule has 0 fully saturated rings. The van der Waals surface area contributed by atoms with E-state index < -0.39 is 34.9 Å². The molecular weight excluding hydrogens is 448 g/mol. The van der Waals surface area contributed by atoms with Gasteiger partial charge in [-0.25, -0.2) is 0 Å². The molecule has 1 amide bonds. The molecule has 0 radical (unpaired) electrons. The molecule has 3 atom stereocenters. The van der Waals surface area contributed by atoms with Crippen LogP contribution in [-0.4, -0.2) is 51.3 Å². The van der Waals surface area contributed by atoms with E-state index in [2.05, 4.69) is 11.8 Å². The Bertz CT molecular complexity index is 1370. The number of carbonyl (C=O) groups is 3. The molecule has 8 heteroatoms. The van der Waals surface area contributed by atoms with Gasteiger partial charge in [0.2, 0.25) is 0 Å². The highest BCUT2D eigenvalue weighted by Gasteiger charge is 2.50. The quantitative estimate of drug-likeness (QED) is 0.497. The van der Waals surface area contributed by atoms with Gasteiger partial charge in [0.1, 0.15) is 22.8 Å². The molecule has 3 aliphatic carbocycles. The van der Waals surface area contributed by atoms with Gasteiger partial charge in [0.05, 0.1) is 11.5 Å². The lowest BCUT2D eigenvalue weighted by atomic mass is 9.62. The molecule has 182 valence electrons. The molecule has 3 aliphatic rings. The van der Waals surface area contributed by atoms with Crippen LogP contribution in [0.15, 0.2) is 46.9 Å². The van der Waals surface area contributed by atoms with Crippen molar-refractivity contribution in [1.82, 2.24) is 4.90 Å². The Morgan fingerprint density at radius 1 is 1.14 bits per heavy atom. The number of hydrogen-bond acceptors (Lipinski definition) is 7. The fraction of sp³-hybridized carbons (Fsp3) is 0.370. The number of primary amides is 1. The van der Waals surface area contributed by atoms with Crippen molar-refractivity contribution in [3.8, 4) is 5.75 Å². The van der Waals surface area contributed by atoms with Crippen LogP contribution in [0.4, 0.5) is 0 Å². The normalized spacial score (nSPS) is 24.0. The first-order valence-electron chi connectivity index (χ1n) is 11.8. The smallest absolute Gasteiger partial charge is 0.255 e. The molecule has 5 rings (SSSR count). The van der Waals surface area contributed by atoms with Gasteiger partial charge in [-0.2, -0.15) is 0 Å². The van der Waals surface area contributed by atoms with Crippen LogP contribution in [0.25, 0.3) is 10.8 Å². The molecule has 2 unspecified atom stereocenters. The maximum absolute atomic E-state index is 13.6. The largest absolute Gasteiger partial charge is 0.511 e. The first-order valence-corrected chi connectivity index (χ1v) is 11.8. The van der Waals surface area contributed by atoms with E-state index in [1.54, 1.807) is 0 Å². The average molecular weight is 477 g/mol. The number of allylic oxidation sites excluding steroid dienone is 3. The first-order chi connectivity index (χ1) is 16.6. The lowest BCUT2D eigenvalue weighted by Crippen LogP contribution is -2.43. The van der Waals surface area contributed by atoms with E-state index >= 15 is 0 Å². The van der Waals surface area contributed by atoms with Crippen molar-refractivity contribution >= 4 is 28.2 Å². The molecule has 5 N–H and O–H groups in total. The number of hydrogen-bond donors (Lipinski definition) is 4. The molecule has 35 heavy (non-hydrogen) atoms. The number of phenols is 1. The third-order valence-corrected chi connectivity index (χ3v) is 7.75. The second-order valence-corrected chi connectivity index (χ2v) is 9.90. The zero-order valence-electron chi connectivity index (χ0n) is 19.7. The molecule has 8 nitrogen and oxygen atoms in total. The number of nitrogens with zero attached hydrogens (tertiary/aromatic N) is 1. The number of aromatic hydroxyl groups is 1. The molecule has 2 aromatic carbocycles. The summed E-state index contributed by atoms with van der Waals surface area (Å²) in [6, 6.07) is 7.72. The van der Waals surface area contributed by atoms with Gasteiger partial charge in [0.25, 0.3) is 5.91 Å². The van der Waals surface area contributed by atoms with Crippen LogP contribution >= 0.6 is 0 Å². The summed E-state index contributed by atoms with van der Waals surface area (Å²) in [5.41, 5.74) is 6.71. The molecular formula is C27H28N2O6. The third kappa shape index (κ3) is 3.51. The summed E-state index contributed by atoms with van der Waals surface area (Å²) >= 11 is 0. The summed E-state index contributed by atoms with van der Waals surface area (Å²) in [4.78, 5) is 40.5. The monoisotopic (exact) mass is 476 g/mol. The van der Waals surface area contributed by atoms with Crippen LogP contribution in [0.1, 0.15) is 41.3 Å². The fourth-order valence-electron chi connectivity index (χ4n) is 5.97. The van der Waals surface area contributed by atoms with Gasteiger partial charge in [-0.3, -0.25) is 14.4 Å². The second kappa shape index (κ2) is 8.23. The van der Waals surface area contributed by atoms with Crippen LogP contribution in [-0.2, 0) is 22.6 Å². The lowest BCUT2D eigenvalue weighted by Gasteiger charge is -2.40. The SMILES string of the molecule is CCN(C)Cc1ccc2cc3c(c(O)c2c1)C(=O)C1=C(O)C2C(=O)C(C(N)=O)=C(O)CC2C[C@@H]1C3. The van der Waals surface area contributed by atoms with Crippen molar-refractivity contribution in [2.45, 2.75) is 32.7 Å². The van der Waals surface area contributed by atoms with Gasteiger partial charge in [0.15, 0.2) is 11.6 Å². The molecule has 0 aromatic heterocycles. The molecule has 0 spiro atoms. The molecule has 2 aromatic rings. The molecule has 0 aliphatic heterocycles. The maximum Gasteiger partial charge on any atom is 0.255 e. The Kier molecular flexibility index (Phi) is 5.44. The van der Waals surface area contributed by atoms with Crippen LogP contribution in [0.5, 0.6) is 5.75 Å². The Hall–Kier alpha value is -3.65. The highest BCUT2D eigenvalue weighted by Crippen LogP contribution is 2.50. The number of carbonyl (C=O) groups excluding carboxylic acids is 3. The van der Waals surface area contributed by atoms with Crippen molar-refractivity contribution in [3.05, 3.63) is 63.6 Å². The number of Topliss-reactive ketones (excluding diaryl/α,β-unsaturated/α-hetero) is 2. The Morgan fingerprint density at radius 3 is 2.57 bits per heavy atom. The molecule has 0 saturated carbocycles. The number of fused-ring (bicyclic) bond motifs is 4. The second-order valence-electron chi connectivity index (χ2n) is 9.90.